The molecule has 92 valence electrons. The van der Waals surface area contributed by atoms with Crippen LogP contribution in [0.5, 0.6) is 11.5 Å². The molecule has 3 nitrogen and oxygen atoms in total. The Hall–Kier alpha value is -2.00. The molecule has 1 aliphatic heterocycles. The summed E-state index contributed by atoms with van der Waals surface area (Å²) in [6.07, 6.45) is 0. The van der Waals surface area contributed by atoms with Crippen molar-refractivity contribution in [1.29, 1.82) is 0 Å². The lowest BCUT2D eigenvalue weighted by Crippen LogP contribution is -2.47. The number of phenolic OH excluding ortho intramolecular Hbond substituents is 2. The fraction of sp³-hybridized carbons (Fsp3) is 0.200. The Balaban J connectivity index is 2.04. The second-order valence-corrected chi connectivity index (χ2v) is 4.67. The first-order chi connectivity index (χ1) is 8.71. The topological polar surface area (TPSA) is 49.7 Å². The first-order valence-electron chi connectivity index (χ1n) is 5.87. The summed E-state index contributed by atoms with van der Waals surface area (Å²) in [7, 11) is 0. The molecule has 0 aromatic heterocycles. The van der Waals surface area contributed by atoms with Crippen LogP contribution in [0.4, 0.5) is 0 Å². The molecule has 0 bridgehead atoms. The van der Waals surface area contributed by atoms with Gasteiger partial charge in [-0.05, 0) is 35.4 Å². The van der Waals surface area contributed by atoms with Crippen LogP contribution in [0.2, 0.25) is 0 Å². The van der Waals surface area contributed by atoms with Gasteiger partial charge in [-0.15, -0.1) is 0 Å². The molecule has 3 heteroatoms. The molecule has 2 aromatic carbocycles. The van der Waals surface area contributed by atoms with E-state index < -0.39 is 0 Å². The standard InChI is InChI=1S/C15H14O3/c16-13-5-1-11(2-6-13)15(9-18-10-15)12-3-7-14(17)8-4-12/h1-8,16-17H,9-10H2. The molecule has 18 heavy (non-hydrogen) atoms. The van der Waals surface area contributed by atoms with Crippen molar-refractivity contribution >= 4 is 0 Å². The maximum absolute atomic E-state index is 9.36. The molecule has 0 spiro atoms. The van der Waals surface area contributed by atoms with Gasteiger partial charge in [0, 0.05) is 0 Å². The van der Waals surface area contributed by atoms with E-state index in [2.05, 4.69) is 0 Å². The van der Waals surface area contributed by atoms with Crippen LogP contribution >= 0.6 is 0 Å². The van der Waals surface area contributed by atoms with E-state index in [1.165, 1.54) is 0 Å². The highest BCUT2D eigenvalue weighted by Crippen LogP contribution is 2.40. The van der Waals surface area contributed by atoms with E-state index in [0.717, 1.165) is 11.1 Å². The lowest BCUT2D eigenvalue weighted by atomic mass is 9.73. The van der Waals surface area contributed by atoms with Gasteiger partial charge in [-0.25, -0.2) is 0 Å². The van der Waals surface area contributed by atoms with Gasteiger partial charge in [0.2, 0.25) is 0 Å². The van der Waals surface area contributed by atoms with Crippen molar-refractivity contribution in [1.82, 2.24) is 0 Å². The molecular formula is C15H14O3. The third kappa shape index (κ3) is 1.64. The molecular weight excluding hydrogens is 228 g/mol. The van der Waals surface area contributed by atoms with E-state index in [1.54, 1.807) is 24.3 Å². The van der Waals surface area contributed by atoms with E-state index in [-0.39, 0.29) is 16.9 Å². The van der Waals surface area contributed by atoms with Gasteiger partial charge in [0.25, 0.3) is 0 Å². The van der Waals surface area contributed by atoms with Crippen LogP contribution in [0, 0.1) is 0 Å². The maximum atomic E-state index is 9.36. The molecule has 0 saturated carbocycles. The summed E-state index contributed by atoms with van der Waals surface area (Å²) in [5, 5.41) is 18.7. The van der Waals surface area contributed by atoms with Crippen molar-refractivity contribution in [2.24, 2.45) is 0 Å². The number of hydrogen-bond donors (Lipinski definition) is 2. The van der Waals surface area contributed by atoms with Gasteiger partial charge in [-0.3, -0.25) is 0 Å². The molecule has 0 aliphatic carbocycles. The number of rotatable bonds is 2. The third-order valence-corrected chi connectivity index (χ3v) is 3.54. The van der Waals surface area contributed by atoms with Crippen molar-refractivity contribution in [2.45, 2.75) is 5.41 Å². The monoisotopic (exact) mass is 242 g/mol. The lowest BCUT2D eigenvalue weighted by Gasteiger charge is -2.42. The van der Waals surface area contributed by atoms with E-state index in [1.807, 2.05) is 24.3 Å². The zero-order valence-electron chi connectivity index (χ0n) is 9.84. The second-order valence-electron chi connectivity index (χ2n) is 4.67. The summed E-state index contributed by atoms with van der Waals surface area (Å²) in [6, 6.07) is 14.4. The Bertz CT molecular complexity index is 491. The smallest absolute Gasteiger partial charge is 0.115 e. The highest BCUT2D eigenvalue weighted by molar-refractivity contribution is 5.44. The average molecular weight is 242 g/mol. The Morgan fingerprint density at radius 3 is 1.39 bits per heavy atom. The van der Waals surface area contributed by atoms with Crippen molar-refractivity contribution in [3.05, 3.63) is 59.7 Å². The maximum Gasteiger partial charge on any atom is 0.115 e. The Morgan fingerprint density at radius 1 is 0.722 bits per heavy atom. The number of hydrogen-bond acceptors (Lipinski definition) is 3. The van der Waals surface area contributed by atoms with Crippen LogP contribution in [-0.4, -0.2) is 23.4 Å². The number of aromatic hydroxyl groups is 2. The molecule has 1 fully saturated rings. The van der Waals surface area contributed by atoms with Crippen molar-refractivity contribution in [3.63, 3.8) is 0 Å². The molecule has 1 heterocycles. The van der Waals surface area contributed by atoms with Crippen LogP contribution in [-0.2, 0) is 10.2 Å². The number of ether oxygens (including phenoxy) is 1. The molecule has 3 rings (SSSR count). The van der Waals surface area contributed by atoms with Crippen LogP contribution in [0.1, 0.15) is 11.1 Å². The van der Waals surface area contributed by atoms with Crippen LogP contribution in [0.15, 0.2) is 48.5 Å². The molecule has 0 radical (unpaired) electrons. The quantitative estimate of drug-likeness (QED) is 0.850. The van der Waals surface area contributed by atoms with Gasteiger partial charge in [0.1, 0.15) is 11.5 Å². The van der Waals surface area contributed by atoms with Gasteiger partial charge < -0.3 is 14.9 Å². The van der Waals surface area contributed by atoms with Gasteiger partial charge in [0.15, 0.2) is 0 Å². The Morgan fingerprint density at radius 2 is 1.11 bits per heavy atom. The summed E-state index contributed by atoms with van der Waals surface area (Å²) in [5.74, 6) is 0.527. The molecule has 0 atom stereocenters. The van der Waals surface area contributed by atoms with E-state index >= 15 is 0 Å². The predicted octanol–water partition coefficient (Wildman–Crippen LogP) is 2.41. The van der Waals surface area contributed by atoms with E-state index in [9.17, 15) is 10.2 Å². The van der Waals surface area contributed by atoms with Crippen LogP contribution in [0.25, 0.3) is 0 Å². The zero-order chi connectivity index (χ0) is 12.6. The summed E-state index contributed by atoms with van der Waals surface area (Å²) >= 11 is 0. The fourth-order valence-electron chi connectivity index (χ4n) is 2.37. The predicted molar refractivity (Wildman–Crippen MR) is 67.8 cm³/mol. The molecule has 0 unspecified atom stereocenters. The molecule has 1 saturated heterocycles. The normalized spacial score (nSPS) is 17.1. The van der Waals surface area contributed by atoms with Gasteiger partial charge >= 0.3 is 0 Å². The summed E-state index contributed by atoms with van der Waals surface area (Å²) < 4.78 is 5.38. The third-order valence-electron chi connectivity index (χ3n) is 3.54. The molecule has 2 aromatic rings. The Kier molecular flexibility index (Phi) is 2.49. The zero-order valence-corrected chi connectivity index (χ0v) is 9.84. The van der Waals surface area contributed by atoms with E-state index in [4.69, 9.17) is 4.74 Å². The van der Waals surface area contributed by atoms with Crippen LogP contribution in [0.3, 0.4) is 0 Å². The van der Waals surface area contributed by atoms with Gasteiger partial charge in [0.05, 0.1) is 18.6 Å². The molecule has 0 amide bonds. The van der Waals surface area contributed by atoms with Crippen molar-refractivity contribution in [3.8, 4) is 11.5 Å². The highest BCUT2D eigenvalue weighted by atomic mass is 16.5. The Labute approximate surface area is 105 Å². The van der Waals surface area contributed by atoms with Gasteiger partial charge in [-0.2, -0.15) is 0 Å². The molecule has 1 aliphatic rings. The van der Waals surface area contributed by atoms with Gasteiger partial charge in [-0.1, -0.05) is 24.3 Å². The second kappa shape index (κ2) is 4.03. The first-order valence-corrected chi connectivity index (χ1v) is 5.87. The molecule has 2 N–H and O–H groups in total. The fourth-order valence-corrected chi connectivity index (χ4v) is 2.37. The highest BCUT2D eigenvalue weighted by Gasteiger charge is 2.41. The summed E-state index contributed by atoms with van der Waals surface area (Å²) in [5.41, 5.74) is 2.09. The van der Waals surface area contributed by atoms with Crippen LogP contribution < -0.4 is 0 Å². The van der Waals surface area contributed by atoms with Crippen molar-refractivity contribution < 1.29 is 14.9 Å². The number of phenols is 2. The summed E-state index contributed by atoms with van der Waals surface area (Å²) in [6.45, 7) is 1.26. The van der Waals surface area contributed by atoms with E-state index in [0.29, 0.717) is 13.2 Å². The minimum atomic E-state index is -0.151. The largest absolute Gasteiger partial charge is 0.508 e. The van der Waals surface area contributed by atoms with Crippen molar-refractivity contribution in [2.75, 3.05) is 13.2 Å². The lowest BCUT2D eigenvalue weighted by molar-refractivity contribution is -0.0380. The summed E-state index contributed by atoms with van der Waals surface area (Å²) in [4.78, 5) is 0. The SMILES string of the molecule is Oc1ccc(C2(c3ccc(O)cc3)COC2)cc1. The first kappa shape index (κ1) is 11.1. The average Bonchev–Trinajstić information content (AvgIpc) is 2.32. The number of benzene rings is 2. The minimum Gasteiger partial charge on any atom is -0.508 e. The minimum absolute atomic E-state index is 0.151.